The zero-order valence-electron chi connectivity index (χ0n) is 10.5. The first-order valence-corrected chi connectivity index (χ1v) is 7.44. The molecule has 2 aromatic rings. The number of nitrogens with one attached hydrogen (secondary N) is 1. The fourth-order valence-corrected chi connectivity index (χ4v) is 2.43. The number of hydrogen-bond acceptors (Lipinski definition) is 2. The monoisotopic (exact) mass is 308 g/mol. The topological polar surface area (TPSA) is 45.8 Å². The Morgan fingerprint density at radius 2 is 2.17 bits per heavy atom. The molecule has 0 aliphatic rings. The average Bonchev–Trinajstić information content (AvgIpc) is 2.37. The van der Waals surface area contributed by atoms with Crippen LogP contribution in [0.15, 0.2) is 23.0 Å². The highest BCUT2D eigenvalue weighted by Crippen LogP contribution is 2.12. The van der Waals surface area contributed by atoms with Gasteiger partial charge in [0.1, 0.15) is 5.82 Å². The van der Waals surface area contributed by atoms with E-state index in [0.29, 0.717) is 5.39 Å². The summed E-state index contributed by atoms with van der Waals surface area (Å²) in [5.74, 6) is 0.794. The molecular weight excluding hydrogens is 292 g/mol. The summed E-state index contributed by atoms with van der Waals surface area (Å²) in [5, 5.41) is 1.59. The van der Waals surface area contributed by atoms with Crippen LogP contribution in [0, 0.1) is 0 Å². The summed E-state index contributed by atoms with van der Waals surface area (Å²) >= 11 is 3.41. The smallest absolute Gasteiger partial charge is 0.280 e. The van der Waals surface area contributed by atoms with Crippen molar-refractivity contribution in [1.29, 1.82) is 0 Å². The molecule has 0 bridgehead atoms. The van der Waals surface area contributed by atoms with Gasteiger partial charge in [0, 0.05) is 11.8 Å². The molecule has 96 valence electrons. The number of unbranched alkanes of at least 4 members (excludes halogenated alkanes) is 1. The fourth-order valence-electron chi connectivity index (χ4n) is 1.97. The van der Waals surface area contributed by atoms with Crippen molar-refractivity contribution in [3.05, 3.63) is 39.9 Å². The van der Waals surface area contributed by atoms with Crippen molar-refractivity contribution in [3.8, 4) is 0 Å². The van der Waals surface area contributed by atoms with Gasteiger partial charge in [0.15, 0.2) is 0 Å². The molecule has 4 heteroatoms. The molecule has 0 atom stereocenters. The summed E-state index contributed by atoms with van der Waals surface area (Å²) in [7, 11) is 0. The lowest BCUT2D eigenvalue weighted by Gasteiger charge is -2.04. The van der Waals surface area contributed by atoms with Crippen LogP contribution in [0.5, 0.6) is 0 Å². The summed E-state index contributed by atoms with van der Waals surface area (Å²) < 4.78 is 0. The van der Waals surface area contributed by atoms with Crippen molar-refractivity contribution >= 4 is 26.8 Å². The third-order valence-corrected chi connectivity index (χ3v) is 3.38. The van der Waals surface area contributed by atoms with Crippen molar-refractivity contribution in [2.45, 2.75) is 32.6 Å². The lowest BCUT2D eigenvalue weighted by Crippen LogP contribution is -2.12. The van der Waals surface area contributed by atoms with E-state index in [2.05, 4.69) is 38.9 Å². The van der Waals surface area contributed by atoms with Crippen LogP contribution in [0.3, 0.4) is 0 Å². The summed E-state index contributed by atoms with van der Waals surface area (Å²) in [5.41, 5.74) is 1.93. The Bertz CT molecular complexity index is 592. The zero-order valence-corrected chi connectivity index (χ0v) is 12.1. The van der Waals surface area contributed by atoms with Crippen LogP contribution in [-0.2, 0) is 12.8 Å². The van der Waals surface area contributed by atoms with Gasteiger partial charge in [0.05, 0.1) is 10.9 Å². The van der Waals surface area contributed by atoms with Gasteiger partial charge in [0.25, 0.3) is 5.56 Å². The van der Waals surface area contributed by atoms with Gasteiger partial charge in [-0.3, -0.25) is 4.79 Å². The minimum atomic E-state index is -0.119. The molecule has 0 spiro atoms. The van der Waals surface area contributed by atoms with E-state index < -0.39 is 0 Å². The van der Waals surface area contributed by atoms with Crippen molar-refractivity contribution in [2.24, 2.45) is 0 Å². The number of aromatic amines is 1. The Morgan fingerprint density at radius 3 is 2.89 bits per heavy atom. The van der Waals surface area contributed by atoms with E-state index in [9.17, 15) is 4.79 Å². The maximum Gasteiger partial charge on any atom is 0.280 e. The van der Waals surface area contributed by atoms with Crippen LogP contribution < -0.4 is 5.56 Å². The quantitative estimate of drug-likeness (QED) is 0.862. The second-order valence-electron chi connectivity index (χ2n) is 4.41. The highest BCUT2D eigenvalue weighted by molar-refractivity contribution is 9.09. The minimum Gasteiger partial charge on any atom is -0.343 e. The summed E-state index contributed by atoms with van der Waals surface area (Å²) in [6, 6.07) is 5.97. The Labute approximate surface area is 115 Å². The molecule has 0 aliphatic heterocycles. The molecule has 18 heavy (non-hydrogen) atoms. The number of alkyl halides is 1. The average molecular weight is 309 g/mol. The first kappa shape index (κ1) is 13.3. The maximum atomic E-state index is 12.0. The molecule has 0 radical (unpaired) electrons. The molecule has 0 saturated carbocycles. The first-order valence-electron chi connectivity index (χ1n) is 6.32. The van der Waals surface area contributed by atoms with Crippen molar-refractivity contribution in [1.82, 2.24) is 9.97 Å². The summed E-state index contributed by atoms with van der Waals surface area (Å²) in [4.78, 5) is 19.3. The highest BCUT2D eigenvalue weighted by Gasteiger charge is 2.04. The van der Waals surface area contributed by atoms with Gasteiger partial charge in [-0.25, -0.2) is 0 Å². The Balaban J connectivity index is 2.42. The molecule has 2 rings (SSSR count). The number of rotatable bonds is 5. The van der Waals surface area contributed by atoms with Crippen LogP contribution in [0.2, 0.25) is 0 Å². The first-order chi connectivity index (χ1) is 8.74. The standard InChI is InChI=1S/C14H17BrN2O/c1-2-3-4-13-16-12-6-5-10(7-8-15)9-11(12)14(18)17-13/h5-6,9H,2-4,7-8H2,1H3,(H,16,17,18). The van der Waals surface area contributed by atoms with E-state index in [1.165, 1.54) is 0 Å². The lowest BCUT2D eigenvalue weighted by atomic mass is 10.1. The number of H-pyrrole nitrogens is 1. The molecule has 1 aromatic heterocycles. The second kappa shape index (κ2) is 6.14. The second-order valence-corrected chi connectivity index (χ2v) is 5.20. The number of hydrogen-bond donors (Lipinski definition) is 1. The van der Waals surface area contributed by atoms with Gasteiger partial charge in [0.2, 0.25) is 0 Å². The largest absolute Gasteiger partial charge is 0.343 e. The van der Waals surface area contributed by atoms with Crippen LogP contribution in [0.4, 0.5) is 0 Å². The minimum absolute atomic E-state index is 0.119. The van der Waals surface area contributed by atoms with Crippen LogP contribution in [0.1, 0.15) is 31.2 Å². The molecule has 1 aromatic carbocycles. The van der Waals surface area contributed by atoms with E-state index in [-0.39, 0.29) is 5.56 Å². The van der Waals surface area contributed by atoms with Gasteiger partial charge in [-0.2, -0.15) is 4.98 Å². The molecule has 0 amide bonds. The number of halogens is 1. The maximum absolute atomic E-state index is 12.0. The van der Waals surface area contributed by atoms with Crippen molar-refractivity contribution < 1.29 is 0 Å². The molecule has 0 saturated heterocycles. The van der Waals surface area contributed by atoms with Crippen LogP contribution >= 0.6 is 15.9 Å². The van der Waals surface area contributed by atoms with E-state index >= 15 is 0 Å². The third kappa shape index (κ3) is 2.99. The molecule has 3 nitrogen and oxygen atoms in total. The molecule has 0 aliphatic carbocycles. The summed E-state index contributed by atoms with van der Waals surface area (Å²) in [6.07, 6.45) is 3.92. The van der Waals surface area contributed by atoms with Gasteiger partial charge in [-0.1, -0.05) is 35.3 Å². The molecule has 1 heterocycles. The van der Waals surface area contributed by atoms with E-state index in [1.54, 1.807) is 0 Å². The predicted molar refractivity (Wildman–Crippen MR) is 78.5 cm³/mol. The Hall–Kier alpha value is -1.16. The van der Waals surface area contributed by atoms with E-state index in [0.717, 1.165) is 47.9 Å². The molecule has 0 unspecified atom stereocenters. The number of benzene rings is 1. The molecule has 1 N–H and O–H groups in total. The van der Waals surface area contributed by atoms with E-state index in [4.69, 9.17) is 0 Å². The van der Waals surface area contributed by atoms with Crippen LogP contribution in [0.25, 0.3) is 10.9 Å². The third-order valence-electron chi connectivity index (χ3n) is 2.98. The van der Waals surface area contributed by atoms with Crippen molar-refractivity contribution in [3.63, 3.8) is 0 Å². The summed E-state index contributed by atoms with van der Waals surface area (Å²) in [6.45, 7) is 2.13. The van der Waals surface area contributed by atoms with Crippen LogP contribution in [-0.4, -0.2) is 15.3 Å². The van der Waals surface area contributed by atoms with Crippen molar-refractivity contribution in [2.75, 3.05) is 5.33 Å². The number of nitrogens with zero attached hydrogens (tertiary/aromatic N) is 1. The Morgan fingerprint density at radius 1 is 1.33 bits per heavy atom. The molecule has 0 fully saturated rings. The highest BCUT2D eigenvalue weighted by atomic mass is 79.9. The fraction of sp³-hybridized carbons (Fsp3) is 0.429. The lowest BCUT2D eigenvalue weighted by molar-refractivity contribution is 0.753. The van der Waals surface area contributed by atoms with Gasteiger partial charge in [-0.15, -0.1) is 0 Å². The predicted octanol–water partition coefficient (Wildman–Crippen LogP) is 3.20. The normalized spacial score (nSPS) is 11.0. The number of aromatic nitrogens is 2. The van der Waals surface area contributed by atoms with Gasteiger partial charge < -0.3 is 4.98 Å². The zero-order chi connectivity index (χ0) is 13.0. The number of aryl methyl sites for hydroxylation is 2. The Kier molecular flexibility index (Phi) is 4.53. The van der Waals surface area contributed by atoms with Gasteiger partial charge in [-0.05, 0) is 30.5 Å². The SMILES string of the molecule is CCCCc1nc(=O)c2cc(CCBr)ccc2[nH]1. The van der Waals surface area contributed by atoms with E-state index in [1.807, 2.05) is 12.1 Å². The molecular formula is C14H17BrN2O. The number of fused-ring (bicyclic) bond motifs is 1. The van der Waals surface area contributed by atoms with Gasteiger partial charge >= 0.3 is 0 Å².